The molecule has 0 aromatic heterocycles. The molecule has 0 heterocycles. The summed E-state index contributed by atoms with van der Waals surface area (Å²) in [5.74, 6) is -1.67. The Bertz CT molecular complexity index is 400. The third-order valence-electron chi connectivity index (χ3n) is 3.32. The van der Waals surface area contributed by atoms with Crippen molar-refractivity contribution in [3.05, 3.63) is 24.3 Å². The summed E-state index contributed by atoms with van der Waals surface area (Å²) in [4.78, 5) is 0. The fourth-order valence-electron chi connectivity index (χ4n) is 2.17. The van der Waals surface area contributed by atoms with Crippen molar-refractivity contribution in [3.63, 3.8) is 0 Å². The van der Waals surface area contributed by atoms with Gasteiger partial charge in [-0.3, -0.25) is 0 Å². The lowest BCUT2D eigenvalue weighted by molar-refractivity contribution is -0.228. The van der Waals surface area contributed by atoms with Gasteiger partial charge in [-0.05, 0) is 30.4 Å². The molecule has 6 heteroatoms. The second-order valence-corrected chi connectivity index (χ2v) is 4.74. The second kappa shape index (κ2) is 5.28. The molecule has 5 nitrogen and oxygen atoms in total. The maximum Gasteiger partial charge on any atom is 0.493 e. The van der Waals surface area contributed by atoms with Gasteiger partial charge in [-0.2, -0.15) is 0 Å². The molecule has 1 fully saturated rings. The maximum absolute atomic E-state index is 10.2. The summed E-state index contributed by atoms with van der Waals surface area (Å²) in [5, 5.41) is 29.8. The summed E-state index contributed by atoms with van der Waals surface area (Å²) in [6, 6.07) is 6.53. The molecule has 0 amide bonds. The number of aliphatic hydroxyl groups is 2. The van der Waals surface area contributed by atoms with Gasteiger partial charge in [-0.15, -0.1) is 0 Å². The molecule has 0 radical (unpaired) electrons. The van der Waals surface area contributed by atoms with Crippen LogP contribution >= 0.6 is 0 Å². The Balaban J connectivity index is 2.06. The van der Waals surface area contributed by atoms with E-state index in [4.69, 9.17) is 10.4 Å². The van der Waals surface area contributed by atoms with Crippen LogP contribution in [0.1, 0.15) is 25.7 Å². The standard InChI is InChI=1S/C12H18BNO4/c14-10-6-4-9(5-7-10)13(17)18-12(16)8-2-1-3-11(12)15/h4-7,11,15-17H,1-3,8,14H2. The van der Waals surface area contributed by atoms with Crippen molar-refractivity contribution in [2.45, 2.75) is 37.6 Å². The summed E-state index contributed by atoms with van der Waals surface area (Å²) in [6.07, 6.45) is 1.45. The van der Waals surface area contributed by atoms with E-state index in [2.05, 4.69) is 0 Å². The number of rotatable bonds is 3. The minimum absolute atomic E-state index is 0.320. The van der Waals surface area contributed by atoms with Crippen molar-refractivity contribution in [2.75, 3.05) is 5.73 Å². The first kappa shape index (κ1) is 13.4. The molecule has 2 unspecified atom stereocenters. The van der Waals surface area contributed by atoms with E-state index in [-0.39, 0.29) is 0 Å². The molecule has 1 aromatic carbocycles. The number of aliphatic hydroxyl groups excluding tert-OH is 1. The molecule has 0 bridgehead atoms. The average molecular weight is 251 g/mol. The predicted octanol–water partition coefficient (Wildman–Crippen LogP) is -0.404. The van der Waals surface area contributed by atoms with Crippen molar-refractivity contribution >= 4 is 18.3 Å². The van der Waals surface area contributed by atoms with Crippen LogP contribution in [0, 0.1) is 0 Å². The zero-order chi connectivity index (χ0) is 13.2. The van der Waals surface area contributed by atoms with Crippen LogP contribution in [0.2, 0.25) is 0 Å². The van der Waals surface area contributed by atoms with E-state index >= 15 is 0 Å². The largest absolute Gasteiger partial charge is 0.493 e. The minimum Gasteiger partial charge on any atom is -0.423 e. The molecule has 98 valence electrons. The highest BCUT2D eigenvalue weighted by molar-refractivity contribution is 6.60. The van der Waals surface area contributed by atoms with Gasteiger partial charge in [0.15, 0.2) is 5.79 Å². The van der Waals surface area contributed by atoms with Gasteiger partial charge < -0.3 is 25.6 Å². The lowest BCUT2D eigenvalue weighted by Crippen LogP contribution is -2.53. The van der Waals surface area contributed by atoms with Crippen molar-refractivity contribution in [1.82, 2.24) is 0 Å². The van der Waals surface area contributed by atoms with Crippen molar-refractivity contribution in [3.8, 4) is 0 Å². The van der Waals surface area contributed by atoms with E-state index < -0.39 is 19.0 Å². The second-order valence-electron chi connectivity index (χ2n) is 4.74. The summed E-state index contributed by atoms with van der Waals surface area (Å²) >= 11 is 0. The summed E-state index contributed by atoms with van der Waals surface area (Å²) in [6.45, 7) is 0. The van der Waals surface area contributed by atoms with Gasteiger partial charge in [0.05, 0.1) is 0 Å². The summed E-state index contributed by atoms with van der Waals surface area (Å²) in [7, 11) is -1.27. The Morgan fingerprint density at radius 3 is 2.56 bits per heavy atom. The van der Waals surface area contributed by atoms with Crippen LogP contribution in [-0.4, -0.2) is 34.2 Å². The van der Waals surface area contributed by atoms with Crippen molar-refractivity contribution in [1.29, 1.82) is 0 Å². The molecule has 0 saturated heterocycles. The first-order valence-corrected chi connectivity index (χ1v) is 6.13. The fraction of sp³-hybridized carbons (Fsp3) is 0.500. The highest BCUT2D eigenvalue weighted by Gasteiger charge is 2.42. The fourth-order valence-corrected chi connectivity index (χ4v) is 2.17. The van der Waals surface area contributed by atoms with Crippen LogP contribution in [0.3, 0.4) is 0 Å². The van der Waals surface area contributed by atoms with E-state index in [1.165, 1.54) is 0 Å². The van der Waals surface area contributed by atoms with Gasteiger partial charge >= 0.3 is 7.12 Å². The molecule has 2 atom stereocenters. The number of benzene rings is 1. The predicted molar refractivity (Wildman–Crippen MR) is 69.0 cm³/mol. The van der Waals surface area contributed by atoms with Gasteiger partial charge in [-0.1, -0.05) is 18.6 Å². The third-order valence-corrected chi connectivity index (χ3v) is 3.32. The first-order chi connectivity index (χ1) is 8.51. The Morgan fingerprint density at radius 2 is 1.94 bits per heavy atom. The van der Waals surface area contributed by atoms with Gasteiger partial charge in [0.2, 0.25) is 0 Å². The van der Waals surface area contributed by atoms with Gasteiger partial charge in [0, 0.05) is 12.1 Å². The van der Waals surface area contributed by atoms with E-state index in [9.17, 15) is 15.2 Å². The molecule has 18 heavy (non-hydrogen) atoms. The third kappa shape index (κ3) is 2.84. The van der Waals surface area contributed by atoms with E-state index in [1.807, 2.05) is 0 Å². The SMILES string of the molecule is Nc1ccc(B(O)OC2(O)CCCCC2O)cc1. The van der Waals surface area contributed by atoms with Crippen molar-refractivity contribution in [2.24, 2.45) is 0 Å². The molecule has 2 rings (SSSR count). The molecular weight excluding hydrogens is 233 g/mol. The lowest BCUT2D eigenvalue weighted by atomic mass is 9.77. The van der Waals surface area contributed by atoms with Crippen LogP contribution in [0.4, 0.5) is 5.69 Å². The molecule has 5 N–H and O–H groups in total. The Kier molecular flexibility index (Phi) is 3.92. The quantitative estimate of drug-likeness (QED) is 0.333. The van der Waals surface area contributed by atoms with Gasteiger partial charge in [-0.25, -0.2) is 0 Å². The zero-order valence-corrected chi connectivity index (χ0v) is 10.1. The summed E-state index contributed by atoms with van der Waals surface area (Å²) < 4.78 is 5.24. The van der Waals surface area contributed by atoms with E-state index in [0.717, 1.165) is 12.8 Å². The van der Waals surface area contributed by atoms with Crippen LogP contribution in [0.15, 0.2) is 24.3 Å². The zero-order valence-electron chi connectivity index (χ0n) is 10.1. The number of anilines is 1. The first-order valence-electron chi connectivity index (χ1n) is 6.13. The van der Waals surface area contributed by atoms with Crippen LogP contribution in [0.5, 0.6) is 0 Å². The van der Waals surface area contributed by atoms with Crippen LogP contribution in [-0.2, 0) is 4.65 Å². The highest BCUT2D eigenvalue weighted by atomic mass is 16.6. The molecule has 1 aliphatic carbocycles. The lowest BCUT2D eigenvalue weighted by Gasteiger charge is -2.37. The van der Waals surface area contributed by atoms with E-state index in [0.29, 0.717) is 24.0 Å². The van der Waals surface area contributed by atoms with Crippen LogP contribution < -0.4 is 11.2 Å². The molecule has 0 aliphatic heterocycles. The number of hydrogen-bond donors (Lipinski definition) is 4. The molecule has 1 saturated carbocycles. The molecule has 1 aromatic rings. The summed E-state index contributed by atoms with van der Waals surface area (Å²) in [5.41, 5.74) is 6.63. The average Bonchev–Trinajstić information content (AvgIpc) is 2.34. The Morgan fingerprint density at radius 1 is 1.28 bits per heavy atom. The smallest absolute Gasteiger partial charge is 0.423 e. The normalized spacial score (nSPS) is 28.1. The molecule has 1 aliphatic rings. The topological polar surface area (TPSA) is 95.9 Å². The number of hydrogen-bond acceptors (Lipinski definition) is 5. The minimum atomic E-state index is -1.67. The monoisotopic (exact) mass is 251 g/mol. The van der Waals surface area contributed by atoms with Crippen LogP contribution in [0.25, 0.3) is 0 Å². The highest BCUT2D eigenvalue weighted by Crippen LogP contribution is 2.29. The Hall–Kier alpha value is -1.08. The number of nitrogen functional groups attached to an aromatic ring is 1. The Labute approximate surface area is 106 Å². The maximum atomic E-state index is 10.2. The van der Waals surface area contributed by atoms with E-state index in [1.54, 1.807) is 24.3 Å². The molecule has 0 spiro atoms. The van der Waals surface area contributed by atoms with Gasteiger partial charge in [0.1, 0.15) is 6.10 Å². The van der Waals surface area contributed by atoms with Crippen molar-refractivity contribution < 1.29 is 19.9 Å². The molecular formula is C12H18BNO4. The number of nitrogens with two attached hydrogens (primary N) is 1. The van der Waals surface area contributed by atoms with Gasteiger partial charge in [0.25, 0.3) is 0 Å².